The highest BCUT2D eigenvalue weighted by Gasteiger charge is 2.47. The van der Waals surface area contributed by atoms with E-state index < -0.39 is 0 Å². The number of rotatable bonds is 2. The number of hydrogen-bond donors (Lipinski definition) is 0. The molecular weight excluding hydrogens is 180 g/mol. The standard InChI is InChI=1S/C15H24/c1-3-11-7-14-8-13(11)9-15(14)12-5-4-10(2)6-12/h4-5,10-15H,3,6-9H2,1-2H3. The summed E-state index contributed by atoms with van der Waals surface area (Å²) >= 11 is 0. The van der Waals surface area contributed by atoms with Crippen LogP contribution in [0.3, 0.4) is 0 Å². The van der Waals surface area contributed by atoms with Gasteiger partial charge in [0.15, 0.2) is 0 Å². The van der Waals surface area contributed by atoms with Gasteiger partial charge in [-0.05, 0) is 61.2 Å². The summed E-state index contributed by atoms with van der Waals surface area (Å²) in [7, 11) is 0. The number of fused-ring (bicyclic) bond motifs is 2. The fourth-order valence-corrected chi connectivity index (χ4v) is 4.70. The maximum Gasteiger partial charge on any atom is -0.0197 e. The van der Waals surface area contributed by atoms with Gasteiger partial charge in [0.05, 0.1) is 0 Å². The predicted molar refractivity (Wildman–Crippen MR) is 64.5 cm³/mol. The van der Waals surface area contributed by atoms with Crippen LogP contribution in [0.2, 0.25) is 0 Å². The molecule has 0 saturated heterocycles. The first-order valence-electron chi connectivity index (χ1n) is 6.96. The Morgan fingerprint density at radius 3 is 2.40 bits per heavy atom. The molecule has 0 nitrogen and oxygen atoms in total. The average molecular weight is 204 g/mol. The van der Waals surface area contributed by atoms with Gasteiger partial charge in [-0.1, -0.05) is 32.4 Å². The SMILES string of the molecule is CCC1CC2CC1CC2C1C=CC(C)C1. The third-order valence-electron chi connectivity index (χ3n) is 5.46. The monoisotopic (exact) mass is 204 g/mol. The normalized spacial score (nSPS) is 52.9. The molecule has 0 heteroatoms. The molecule has 0 aromatic heterocycles. The van der Waals surface area contributed by atoms with Crippen molar-refractivity contribution in [3.8, 4) is 0 Å². The Morgan fingerprint density at radius 2 is 1.87 bits per heavy atom. The molecular formula is C15H24. The highest BCUT2D eigenvalue weighted by molar-refractivity contribution is 5.07. The summed E-state index contributed by atoms with van der Waals surface area (Å²) < 4.78 is 0. The molecule has 6 unspecified atom stereocenters. The van der Waals surface area contributed by atoms with Gasteiger partial charge in [0.25, 0.3) is 0 Å². The van der Waals surface area contributed by atoms with Crippen molar-refractivity contribution in [1.29, 1.82) is 0 Å². The zero-order valence-electron chi connectivity index (χ0n) is 10.2. The fraction of sp³-hybridized carbons (Fsp3) is 0.867. The van der Waals surface area contributed by atoms with Gasteiger partial charge in [-0.3, -0.25) is 0 Å². The summed E-state index contributed by atoms with van der Waals surface area (Å²) in [6.45, 7) is 4.76. The predicted octanol–water partition coefficient (Wildman–Crippen LogP) is 4.27. The van der Waals surface area contributed by atoms with E-state index in [9.17, 15) is 0 Å². The summed E-state index contributed by atoms with van der Waals surface area (Å²) in [5.41, 5.74) is 0. The molecule has 0 amide bonds. The minimum Gasteiger partial charge on any atom is -0.0854 e. The van der Waals surface area contributed by atoms with Crippen molar-refractivity contribution in [3.63, 3.8) is 0 Å². The first-order valence-corrected chi connectivity index (χ1v) is 6.96. The van der Waals surface area contributed by atoms with Crippen LogP contribution in [-0.2, 0) is 0 Å². The molecule has 3 aliphatic rings. The topological polar surface area (TPSA) is 0 Å². The Labute approximate surface area is 94.1 Å². The van der Waals surface area contributed by atoms with E-state index in [1.807, 2.05) is 0 Å². The lowest BCUT2D eigenvalue weighted by Gasteiger charge is -2.31. The highest BCUT2D eigenvalue weighted by Crippen LogP contribution is 2.56. The maximum atomic E-state index is 2.54. The van der Waals surface area contributed by atoms with Crippen molar-refractivity contribution in [2.45, 2.75) is 46.0 Å². The van der Waals surface area contributed by atoms with E-state index in [-0.39, 0.29) is 0 Å². The van der Waals surface area contributed by atoms with Gasteiger partial charge in [0.1, 0.15) is 0 Å². The summed E-state index contributed by atoms with van der Waals surface area (Å²) in [5, 5.41) is 0. The second-order valence-corrected chi connectivity index (χ2v) is 6.32. The summed E-state index contributed by atoms with van der Waals surface area (Å²) in [4.78, 5) is 0. The van der Waals surface area contributed by atoms with Gasteiger partial charge >= 0.3 is 0 Å². The van der Waals surface area contributed by atoms with Crippen LogP contribution in [0.15, 0.2) is 12.2 Å². The van der Waals surface area contributed by atoms with Crippen LogP contribution in [0.25, 0.3) is 0 Å². The van der Waals surface area contributed by atoms with Crippen LogP contribution in [0, 0.1) is 35.5 Å². The molecule has 0 aliphatic heterocycles. The Kier molecular flexibility index (Phi) is 2.41. The van der Waals surface area contributed by atoms with Gasteiger partial charge in [0, 0.05) is 0 Å². The summed E-state index contributed by atoms with van der Waals surface area (Å²) in [6, 6.07) is 0. The van der Waals surface area contributed by atoms with Gasteiger partial charge < -0.3 is 0 Å². The van der Waals surface area contributed by atoms with Crippen LogP contribution in [0.1, 0.15) is 46.0 Å². The molecule has 2 fully saturated rings. The summed E-state index contributed by atoms with van der Waals surface area (Å²) in [5.74, 6) is 6.17. The number of hydrogen-bond acceptors (Lipinski definition) is 0. The van der Waals surface area contributed by atoms with Gasteiger partial charge in [-0.25, -0.2) is 0 Å². The van der Waals surface area contributed by atoms with Crippen LogP contribution < -0.4 is 0 Å². The quantitative estimate of drug-likeness (QED) is 0.589. The van der Waals surface area contributed by atoms with E-state index in [1.165, 1.54) is 12.8 Å². The molecule has 2 saturated carbocycles. The van der Waals surface area contributed by atoms with E-state index in [4.69, 9.17) is 0 Å². The second kappa shape index (κ2) is 3.64. The largest absolute Gasteiger partial charge is 0.0854 e. The third kappa shape index (κ3) is 1.57. The minimum absolute atomic E-state index is 0.857. The molecule has 15 heavy (non-hydrogen) atoms. The molecule has 2 bridgehead atoms. The van der Waals surface area contributed by atoms with E-state index in [0.717, 1.165) is 35.5 Å². The van der Waals surface area contributed by atoms with Crippen molar-refractivity contribution < 1.29 is 0 Å². The zero-order chi connectivity index (χ0) is 10.4. The Morgan fingerprint density at radius 1 is 1.00 bits per heavy atom. The smallest absolute Gasteiger partial charge is 0.0197 e. The van der Waals surface area contributed by atoms with Gasteiger partial charge in [0.2, 0.25) is 0 Å². The molecule has 0 radical (unpaired) electrons. The minimum atomic E-state index is 0.857. The van der Waals surface area contributed by atoms with E-state index in [0.29, 0.717) is 0 Å². The van der Waals surface area contributed by atoms with E-state index in [1.54, 1.807) is 19.3 Å². The molecule has 3 aliphatic carbocycles. The first-order chi connectivity index (χ1) is 7.28. The van der Waals surface area contributed by atoms with Crippen LogP contribution in [0.4, 0.5) is 0 Å². The Hall–Kier alpha value is -0.260. The molecule has 84 valence electrons. The van der Waals surface area contributed by atoms with E-state index in [2.05, 4.69) is 26.0 Å². The molecule has 0 heterocycles. The van der Waals surface area contributed by atoms with Crippen molar-refractivity contribution in [2.24, 2.45) is 35.5 Å². The number of allylic oxidation sites excluding steroid dienone is 2. The Bertz CT molecular complexity index is 265. The molecule has 0 aromatic rings. The van der Waals surface area contributed by atoms with Gasteiger partial charge in [-0.2, -0.15) is 0 Å². The molecule has 0 aromatic carbocycles. The van der Waals surface area contributed by atoms with E-state index >= 15 is 0 Å². The maximum absolute atomic E-state index is 2.54. The van der Waals surface area contributed by atoms with Crippen molar-refractivity contribution in [3.05, 3.63) is 12.2 Å². The van der Waals surface area contributed by atoms with Crippen LogP contribution in [0.5, 0.6) is 0 Å². The fourth-order valence-electron chi connectivity index (χ4n) is 4.70. The summed E-state index contributed by atoms with van der Waals surface area (Å²) in [6.07, 6.45) is 12.6. The molecule has 0 N–H and O–H groups in total. The van der Waals surface area contributed by atoms with Crippen molar-refractivity contribution in [1.82, 2.24) is 0 Å². The van der Waals surface area contributed by atoms with Gasteiger partial charge in [-0.15, -0.1) is 0 Å². The zero-order valence-corrected chi connectivity index (χ0v) is 10.2. The van der Waals surface area contributed by atoms with Crippen molar-refractivity contribution in [2.75, 3.05) is 0 Å². The van der Waals surface area contributed by atoms with Crippen molar-refractivity contribution >= 4 is 0 Å². The second-order valence-electron chi connectivity index (χ2n) is 6.32. The third-order valence-corrected chi connectivity index (χ3v) is 5.46. The molecule has 6 atom stereocenters. The lowest BCUT2D eigenvalue weighted by atomic mass is 9.74. The lowest BCUT2D eigenvalue weighted by Crippen LogP contribution is -2.22. The molecule has 3 rings (SSSR count). The highest BCUT2D eigenvalue weighted by atomic mass is 14.5. The molecule has 0 spiro atoms. The Balaban J connectivity index is 1.65. The van der Waals surface area contributed by atoms with Crippen LogP contribution in [-0.4, -0.2) is 0 Å². The first kappa shape index (κ1) is 9.93. The average Bonchev–Trinajstić information content (AvgIpc) is 2.90. The lowest BCUT2D eigenvalue weighted by molar-refractivity contribution is 0.203. The van der Waals surface area contributed by atoms with Crippen LogP contribution >= 0.6 is 0 Å².